The Balaban J connectivity index is 1.21. The Morgan fingerprint density at radius 2 is 1.90 bits per heavy atom. The number of aromatic hydroxyl groups is 1. The molecule has 6 aromatic rings. The largest absolute Gasteiger partial charge is 0.506 e. The number of phenolic OH excluding ortho intramolecular Hbond substituents is 1. The Kier molecular flexibility index (Phi) is 5.77. The maximum Gasteiger partial charge on any atom is 0.418 e. The Bertz CT molecular complexity index is 2030. The lowest BCUT2D eigenvalue weighted by atomic mass is 9.96. The molecule has 0 saturated carbocycles. The molecule has 0 saturated heterocycles. The van der Waals surface area contributed by atoms with Crippen molar-refractivity contribution in [2.75, 3.05) is 22.6 Å². The van der Waals surface area contributed by atoms with E-state index in [1.54, 1.807) is 36.4 Å². The van der Waals surface area contributed by atoms with E-state index in [0.29, 0.717) is 22.2 Å². The van der Waals surface area contributed by atoms with E-state index < -0.39 is 35.2 Å². The number of nitrogens with one attached hydrogen (secondary N) is 3. The third-order valence-corrected chi connectivity index (χ3v) is 7.92. The second-order valence-electron chi connectivity index (χ2n) is 10.1. The summed E-state index contributed by atoms with van der Waals surface area (Å²) in [6.07, 6.45) is -3.87. The quantitative estimate of drug-likeness (QED) is 0.160. The van der Waals surface area contributed by atoms with Crippen LogP contribution >= 0.6 is 11.6 Å². The van der Waals surface area contributed by atoms with Gasteiger partial charge >= 0.3 is 6.18 Å². The molecule has 4 heterocycles. The fourth-order valence-corrected chi connectivity index (χ4v) is 5.91. The number of halogens is 4. The van der Waals surface area contributed by atoms with Crippen LogP contribution < -0.4 is 10.2 Å². The molecule has 212 valence electrons. The highest BCUT2D eigenvalue weighted by Crippen LogP contribution is 2.49. The van der Waals surface area contributed by atoms with E-state index in [9.17, 15) is 27.9 Å². The normalized spacial score (nSPS) is 15.1. The Morgan fingerprint density at radius 1 is 1.10 bits per heavy atom. The number of nitrogens with zero attached hydrogens (tertiary/aromatic N) is 1. The summed E-state index contributed by atoms with van der Waals surface area (Å²) in [5.41, 5.74) is 1.27. The predicted octanol–water partition coefficient (Wildman–Crippen LogP) is 7.35. The molecular weight excluding hydrogens is 573 g/mol. The first-order valence-corrected chi connectivity index (χ1v) is 13.4. The van der Waals surface area contributed by atoms with Crippen LogP contribution in [-0.4, -0.2) is 39.3 Å². The van der Waals surface area contributed by atoms with E-state index in [2.05, 4.69) is 15.3 Å². The summed E-state index contributed by atoms with van der Waals surface area (Å²) in [5, 5.41) is 14.6. The van der Waals surface area contributed by atoms with Crippen LogP contribution in [0.2, 0.25) is 0 Å². The Hall–Kier alpha value is -4.90. The topological polar surface area (TPSA) is 114 Å². The third kappa shape index (κ3) is 4.07. The molecule has 0 bridgehead atoms. The molecule has 1 aliphatic heterocycles. The minimum Gasteiger partial charge on any atom is -0.506 e. The number of aromatic amines is 2. The van der Waals surface area contributed by atoms with Crippen molar-refractivity contribution in [3.8, 4) is 5.75 Å². The number of phenols is 1. The lowest BCUT2D eigenvalue weighted by Gasteiger charge is -2.17. The van der Waals surface area contributed by atoms with Gasteiger partial charge in [-0.25, -0.2) is 0 Å². The van der Waals surface area contributed by atoms with Crippen molar-refractivity contribution in [2.45, 2.75) is 12.1 Å². The SMILES string of the molecule is O=C(Nc1ccc2[nH]c(C(=O)N3CC(CCl)c4c3cc(O)c3[nH]cc(C(F)(F)F)c43)cc2c1)c1cc2ccccc2o1. The molecule has 0 spiro atoms. The molecule has 0 fully saturated rings. The molecule has 3 aromatic heterocycles. The molecule has 0 aliphatic carbocycles. The zero-order chi connectivity index (χ0) is 29.3. The fourth-order valence-electron chi connectivity index (χ4n) is 5.66. The van der Waals surface area contributed by atoms with Gasteiger partial charge < -0.3 is 29.7 Å². The number of furan rings is 1. The molecule has 7 rings (SSSR count). The van der Waals surface area contributed by atoms with Gasteiger partial charge in [-0.2, -0.15) is 13.2 Å². The average molecular weight is 593 g/mol. The van der Waals surface area contributed by atoms with Crippen molar-refractivity contribution in [1.82, 2.24) is 9.97 Å². The Labute approximate surface area is 239 Å². The maximum absolute atomic E-state index is 13.8. The van der Waals surface area contributed by atoms with E-state index in [0.717, 1.165) is 11.6 Å². The number of aromatic nitrogens is 2. The number of para-hydroxylation sites is 1. The summed E-state index contributed by atoms with van der Waals surface area (Å²) in [6, 6.07) is 16.8. The fraction of sp³-hybridized carbons (Fsp3) is 0.133. The first-order chi connectivity index (χ1) is 20.1. The van der Waals surface area contributed by atoms with Crippen molar-refractivity contribution >= 4 is 67.6 Å². The number of carbonyl (C=O) groups excluding carboxylic acids is 2. The van der Waals surface area contributed by atoms with Gasteiger partial charge in [0.2, 0.25) is 0 Å². The summed E-state index contributed by atoms with van der Waals surface area (Å²) in [4.78, 5) is 33.4. The van der Waals surface area contributed by atoms with Crippen molar-refractivity contribution in [3.63, 3.8) is 0 Å². The van der Waals surface area contributed by atoms with Crippen LogP contribution in [-0.2, 0) is 6.18 Å². The second-order valence-corrected chi connectivity index (χ2v) is 10.4. The molecule has 8 nitrogen and oxygen atoms in total. The first kappa shape index (κ1) is 26.0. The van der Waals surface area contributed by atoms with Gasteiger partial charge in [-0.05, 0) is 42.0 Å². The number of hydrogen-bond acceptors (Lipinski definition) is 4. The van der Waals surface area contributed by atoms with Crippen molar-refractivity contribution in [1.29, 1.82) is 0 Å². The minimum absolute atomic E-state index is 0.0277. The van der Waals surface area contributed by atoms with Crippen LogP contribution in [0.4, 0.5) is 24.5 Å². The molecule has 1 atom stereocenters. The summed E-state index contributed by atoms with van der Waals surface area (Å²) < 4.78 is 47.1. The molecule has 2 amide bonds. The average Bonchev–Trinajstić information content (AvgIpc) is 3.74. The Morgan fingerprint density at radius 3 is 2.67 bits per heavy atom. The molecule has 1 unspecified atom stereocenters. The van der Waals surface area contributed by atoms with Gasteiger partial charge in [0.05, 0.1) is 16.8 Å². The van der Waals surface area contributed by atoms with Crippen LogP contribution in [0.1, 0.15) is 38.1 Å². The van der Waals surface area contributed by atoms with Gasteiger partial charge in [-0.3, -0.25) is 9.59 Å². The van der Waals surface area contributed by atoms with E-state index in [1.165, 1.54) is 11.0 Å². The number of anilines is 2. The highest BCUT2D eigenvalue weighted by molar-refractivity contribution is 6.19. The minimum atomic E-state index is -4.68. The number of H-pyrrole nitrogens is 2. The monoisotopic (exact) mass is 592 g/mol. The highest BCUT2D eigenvalue weighted by atomic mass is 35.5. The molecule has 1 aliphatic rings. The lowest BCUT2D eigenvalue weighted by molar-refractivity contribution is -0.136. The van der Waals surface area contributed by atoms with Crippen molar-refractivity contribution in [2.24, 2.45) is 0 Å². The zero-order valence-electron chi connectivity index (χ0n) is 21.5. The van der Waals surface area contributed by atoms with E-state index in [1.807, 2.05) is 18.2 Å². The number of hydrogen-bond donors (Lipinski definition) is 4. The zero-order valence-corrected chi connectivity index (χ0v) is 22.2. The smallest absolute Gasteiger partial charge is 0.418 e. The number of rotatable bonds is 4. The van der Waals surface area contributed by atoms with Crippen LogP contribution in [0.3, 0.4) is 0 Å². The van der Waals surface area contributed by atoms with Gasteiger partial charge in [0.15, 0.2) is 5.76 Å². The number of fused-ring (bicyclic) bond motifs is 5. The van der Waals surface area contributed by atoms with E-state index in [4.69, 9.17) is 16.0 Å². The second kappa shape index (κ2) is 9.31. The van der Waals surface area contributed by atoms with Gasteiger partial charge in [0, 0.05) is 58.0 Å². The summed E-state index contributed by atoms with van der Waals surface area (Å²) in [7, 11) is 0. The standard InChI is InChI=1S/C30H20ClF3N4O4/c31-11-16-13-38(21-10-22(39)27-26(25(16)21)18(12-35-27)30(32,33)34)29(41)20-8-15-7-17(5-6-19(15)37-20)36-28(40)24-9-14-3-1-2-4-23(14)42-24/h1-10,12,16,35,37,39H,11,13H2,(H,36,40). The summed E-state index contributed by atoms with van der Waals surface area (Å²) >= 11 is 6.17. The molecular formula is C30H20ClF3N4O4. The van der Waals surface area contributed by atoms with Crippen LogP contribution in [0, 0.1) is 0 Å². The van der Waals surface area contributed by atoms with Crippen LogP contribution in [0.5, 0.6) is 5.75 Å². The molecule has 0 radical (unpaired) electrons. The third-order valence-electron chi connectivity index (χ3n) is 7.55. The predicted molar refractivity (Wildman–Crippen MR) is 153 cm³/mol. The molecule has 12 heteroatoms. The number of carbonyl (C=O) groups is 2. The maximum atomic E-state index is 13.8. The molecule has 3 aromatic carbocycles. The van der Waals surface area contributed by atoms with Crippen LogP contribution in [0.25, 0.3) is 32.8 Å². The first-order valence-electron chi connectivity index (χ1n) is 12.9. The van der Waals surface area contributed by atoms with Crippen molar-refractivity contribution < 1.29 is 32.3 Å². The number of alkyl halides is 4. The van der Waals surface area contributed by atoms with Gasteiger partial charge in [-0.15, -0.1) is 11.6 Å². The van der Waals surface area contributed by atoms with Gasteiger partial charge in [0.1, 0.15) is 17.0 Å². The summed E-state index contributed by atoms with van der Waals surface area (Å²) in [6.45, 7) is 0.0346. The van der Waals surface area contributed by atoms with Crippen molar-refractivity contribution in [3.05, 3.63) is 89.4 Å². The lowest BCUT2D eigenvalue weighted by Crippen LogP contribution is -2.30. The van der Waals surface area contributed by atoms with E-state index >= 15 is 0 Å². The molecule has 4 N–H and O–H groups in total. The number of amides is 2. The van der Waals surface area contributed by atoms with Gasteiger partial charge in [0.25, 0.3) is 11.8 Å². The number of benzene rings is 3. The highest BCUT2D eigenvalue weighted by Gasteiger charge is 2.41. The summed E-state index contributed by atoms with van der Waals surface area (Å²) in [5.74, 6) is -1.82. The van der Waals surface area contributed by atoms with E-state index in [-0.39, 0.29) is 46.0 Å². The van der Waals surface area contributed by atoms with Gasteiger partial charge in [-0.1, -0.05) is 18.2 Å². The molecule has 42 heavy (non-hydrogen) atoms. The van der Waals surface area contributed by atoms with Crippen LogP contribution in [0.15, 0.2) is 71.3 Å².